The van der Waals surface area contributed by atoms with Crippen LogP contribution in [0.15, 0.2) is 101 Å². The maximum absolute atomic E-state index is 15.0. The molecule has 446 valence electrons. The van der Waals surface area contributed by atoms with Crippen molar-refractivity contribution in [1.29, 1.82) is 0 Å². The minimum Gasteiger partial charge on any atom is -0.370 e. The minimum atomic E-state index is -1.36. The number of H-pyrrole nitrogens is 3. The number of amides is 7. The summed E-state index contributed by atoms with van der Waals surface area (Å²) in [5, 5.41) is 19.5. The third-order valence-electron chi connectivity index (χ3n) is 14.5. The van der Waals surface area contributed by atoms with E-state index in [4.69, 9.17) is 34.4 Å². The summed E-state index contributed by atoms with van der Waals surface area (Å²) in [6.07, 6.45) is 12.4. The van der Waals surface area contributed by atoms with Crippen molar-refractivity contribution in [3.8, 4) is 0 Å². The van der Waals surface area contributed by atoms with Gasteiger partial charge in [-0.25, -0.2) is 0 Å². The van der Waals surface area contributed by atoms with E-state index >= 15 is 0 Å². The third-order valence-corrected chi connectivity index (χ3v) is 14.5. The normalized spacial score (nSPS) is 13.4. The monoisotopic (exact) mass is 1140 g/mol. The summed E-state index contributed by atoms with van der Waals surface area (Å²) < 4.78 is 0. The van der Waals surface area contributed by atoms with Gasteiger partial charge in [0.2, 0.25) is 41.4 Å². The van der Waals surface area contributed by atoms with Crippen molar-refractivity contribution in [1.82, 2.24) is 46.9 Å². The van der Waals surface area contributed by atoms with Gasteiger partial charge in [-0.1, -0.05) is 87.2 Å². The molecule has 0 saturated heterocycles. The van der Waals surface area contributed by atoms with Gasteiger partial charge in [0.05, 0.1) is 6.04 Å². The van der Waals surface area contributed by atoms with Crippen molar-refractivity contribution in [2.45, 2.75) is 146 Å². The Labute approximate surface area is 482 Å². The Morgan fingerprint density at radius 1 is 0.458 bits per heavy atom. The SMILES string of the molecule is CCCCCCCC(=O)NCCCC[C@H](NC(=O)[C@@H](Cc1c[nH]c2ccccc12)NC(=O)[C@@H](CCCN=C(N)N)NC(=O)[C@H](Cc1c[nH]c2ccccc12)NC(=O)[C@@H](CCCN=C(N)N)NC(=O)[C@@H](N)Cc1c[nH]c2ccccc12)C(N)=O. The van der Waals surface area contributed by atoms with Crippen LogP contribution >= 0.6 is 0 Å². The topological polar surface area (TPSA) is 420 Å². The molecule has 0 aliphatic rings. The molecule has 6 rings (SSSR count). The molecule has 6 atom stereocenters. The van der Waals surface area contributed by atoms with Crippen LogP contribution in [0.1, 0.15) is 107 Å². The van der Waals surface area contributed by atoms with Gasteiger partial charge in [0, 0.05) is 90.2 Å². The first-order valence-corrected chi connectivity index (χ1v) is 28.6. The van der Waals surface area contributed by atoms with Crippen molar-refractivity contribution >= 4 is 86.0 Å². The maximum Gasteiger partial charge on any atom is 0.243 e. The lowest BCUT2D eigenvalue weighted by molar-refractivity contribution is -0.135. The van der Waals surface area contributed by atoms with Gasteiger partial charge in [0.15, 0.2) is 11.9 Å². The van der Waals surface area contributed by atoms with Gasteiger partial charge in [-0.15, -0.1) is 0 Å². The van der Waals surface area contributed by atoms with Crippen molar-refractivity contribution in [2.24, 2.45) is 44.4 Å². The average molecular weight is 1140 g/mol. The molecule has 24 nitrogen and oxygen atoms in total. The van der Waals surface area contributed by atoms with E-state index in [0.717, 1.165) is 70.4 Å². The summed E-state index contributed by atoms with van der Waals surface area (Å²) in [6, 6.07) is 14.9. The Kier molecular flexibility index (Phi) is 24.8. The Morgan fingerprint density at radius 3 is 1.31 bits per heavy atom. The fraction of sp³-hybridized carbons (Fsp3) is 0.441. The zero-order valence-corrected chi connectivity index (χ0v) is 47.3. The van der Waals surface area contributed by atoms with Crippen LogP contribution < -0.4 is 66.3 Å². The van der Waals surface area contributed by atoms with Gasteiger partial charge in [-0.2, -0.15) is 0 Å². The molecule has 3 aromatic carbocycles. The minimum absolute atomic E-state index is 0.0410. The van der Waals surface area contributed by atoms with E-state index < -0.39 is 71.7 Å². The number of nitrogens with one attached hydrogen (secondary N) is 9. The molecule has 0 bridgehead atoms. The summed E-state index contributed by atoms with van der Waals surface area (Å²) in [5.41, 5.74) is 39.4. The lowest BCUT2D eigenvalue weighted by Crippen LogP contribution is -2.60. The number of unbranched alkanes of at least 4 members (excludes halogenated alkanes) is 5. The highest BCUT2D eigenvalue weighted by Crippen LogP contribution is 2.23. The Balaban J connectivity index is 1.23. The summed E-state index contributed by atoms with van der Waals surface area (Å²) in [7, 11) is 0. The van der Waals surface area contributed by atoms with Crippen LogP contribution in [0.4, 0.5) is 0 Å². The molecule has 0 spiro atoms. The molecular weight excluding hydrogens is 1060 g/mol. The smallest absolute Gasteiger partial charge is 0.243 e. The van der Waals surface area contributed by atoms with Gasteiger partial charge in [0.25, 0.3) is 0 Å². The van der Waals surface area contributed by atoms with Crippen LogP contribution in [0.3, 0.4) is 0 Å². The van der Waals surface area contributed by atoms with E-state index in [1.165, 1.54) is 0 Å². The molecule has 3 aromatic heterocycles. The van der Waals surface area contributed by atoms with Gasteiger partial charge in [0.1, 0.15) is 30.2 Å². The Bertz CT molecular complexity index is 3170. The Hall–Kier alpha value is -8.93. The lowest BCUT2D eigenvalue weighted by Gasteiger charge is -2.27. The van der Waals surface area contributed by atoms with Crippen LogP contribution in [0.25, 0.3) is 32.7 Å². The van der Waals surface area contributed by atoms with Crippen LogP contribution in [0.2, 0.25) is 0 Å². The van der Waals surface area contributed by atoms with E-state index in [2.05, 4.69) is 63.8 Å². The number of primary amides is 1. The number of nitrogens with two attached hydrogens (primary N) is 6. The third kappa shape index (κ3) is 19.9. The van der Waals surface area contributed by atoms with E-state index in [1.54, 1.807) is 18.6 Å². The maximum atomic E-state index is 15.0. The molecule has 21 N–H and O–H groups in total. The van der Waals surface area contributed by atoms with Gasteiger partial charge >= 0.3 is 0 Å². The van der Waals surface area contributed by atoms with E-state index in [1.807, 2.05) is 72.8 Å². The fourth-order valence-electron chi connectivity index (χ4n) is 9.97. The summed E-state index contributed by atoms with van der Waals surface area (Å²) in [4.78, 5) is 116. The van der Waals surface area contributed by atoms with Crippen molar-refractivity contribution in [3.63, 3.8) is 0 Å². The Morgan fingerprint density at radius 2 is 0.855 bits per heavy atom. The number of para-hydroxylation sites is 3. The highest BCUT2D eigenvalue weighted by atomic mass is 16.2. The fourth-order valence-corrected chi connectivity index (χ4v) is 9.97. The number of nitrogens with zero attached hydrogens (tertiary/aromatic N) is 2. The lowest BCUT2D eigenvalue weighted by atomic mass is 10.0. The quantitative estimate of drug-likeness (QED) is 0.0153. The van der Waals surface area contributed by atoms with Gasteiger partial charge < -0.3 is 81.3 Å². The largest absolute Gasteiger partial charge is 0.370 e. The number of benzene rings is 3. The number of carbonyl (C=O) groups excluding carboxylic acids is 7. The highest BCUT2D eigenvalue weighted by molar-refractivity contribution is 5.98. The molecule has 0 saturated carbocycles. The number of rotatable bonds is 36. The van der Waals surface area contributed by atoms with Crippen molar-refractivity contribution in [2.75, 3.05) is 19.6 Å². The second-order valence-electron chi connectivity index (χ2n) is 20.9. The number of aliphatic imine (C=N–C) groups is 2. The first kappa shape index (κ1) is 63.3. The second-order valence-corrected chi connectivity index (χ2v) is 20.9. The number of carbonyl (C=O) groups is 7. The zero-order valence-electron chi connectivity index (χ0n) is 47.3. The molecule has 83 heavy (non-hydrogen) atoms. The molecule has 0 radical (unpaired) electrons. The zero-order chi connectivity index (χ0) is 59.7. The number of fused-ring (bicyclic) bond motifs is 3. The van der Waals surface area contributed by atoms with Gasteiger partial charge in [-0.05, 0) is 92.7 Å². The van der Waals surface area contributed by atoms with Crippen LogP contribution in [0, 0.1) is 0 Å². The summed E-state index contributed by atoms with van der Waals surface area (Å²) in [5.74, 6) is -4.79. The number of hydrogen-bond acceptors (Lipinski definition) is 10. The molecule has 0 aliphatic carbocycles. The first-order chi connectivity index (χ1) is 40.0. The van der Waals surface area contributed by atoms with E-state index in [0.29, 0.717) is 36.9 Å². The van der Waals surface area contributed by atoms with E-state index in [-0.39, 0.29) is 82.3 Å². The molecule has 3 heterocycles. The predicted molar refractivity (Wildman–Crippen MR) is 323 cm³/mol. The molecule has 24 heteroatoms. The molecule has 6 aromatic rings. The predicted octanol–water partition coefficient (Wildman–Crippen LogP) is 2.15. The first-order valence-electron chi connectivity index (χ1n) is 28.6. The molecular formula is C59H83N17O7. The molecule has 0 aliphatic heterocycles. The van der Waals surface area contributed by atoms with Crippen molar-refractivity contribution < 1.29 is 33.6 Å². The number of aromatic nitrogens is 3. The average Bonchev–Trinajstić information content (AvgIpc) is 4.39. The number of hydrogen-bond donors (Lipinski definition) is 15. The number of aromatic amines is 3. The number of guanidine groups is 2. The molecule has 7 amide bonds. The summed E-state index contributed by atoms with van der Waals surface area (Å²) in [6.45, 7) is 2.72. The van der Waals surface area contributed by atoms with Crippen molar-refractivity contribution in [3.05, 3.63) is 108 Å². The standard InChI is InChI=1S/C59H83N17O7/c1-2-3-4-5-6-26-51(77)66-27-14-13-23-46(52(61)78)72-56(82)49(31-37-34-70-44-21-11-8-18-40(37)44)75-55(81)48(25-16-29-68-59(64)65)74-57(83)50(32-38-35-71-45-22-12-9-19-41(38)45)76-54(80)47(24-15-28-67-58(62)63)73-53(79)42(60)30-36-33-69-43-20-10-7-17-39(36)43/h7-12,17-22,33-35,42,46-50,69-71H,2-6,13-16,23-32,60H2,1H3,(H2,61,78)(H,66,77)(H,72,82)(H,73,79)(H,74,83)(H,75,81)(H,76,80)(H4,62,63,67)(H4,64,65,68)/t42-,46-,47+,48+,49+,50-/m0/s1. The van der Waals surface area contributed by atoms with E-state index in [9.17, 15) is 33.6 Å². The molecule has 0 fully saturated rings. The van der Waals surface area contributed by atoms with Crippen LogP contribution in [-0.4, -0.2) is 124 Å². The summed E-state index contributed by atoms with van der Waals surface area (Å²) >= 11 is 0. The van der Waals surface area contributed by atoms with Crippen LogP contribution in [0.5, 0.6) is 0 Å². The van der Waals surface area contributed by atoms with Gasteiger partial charge in [-0.3, -0.25) is 43.5 Å². The highest BCUT2D eigenvalue weighted by Gasteiger charge is 2.34. The second kappa shape index (κ2) is 32.5. The molecule has 0 unspecified atom stereocenters. The van der Waals surface area contributed by atoms with Crippen LogP contribution in [-0.2, 0) is 52.8 Å².